The molecule has 0 aromatic carbocycles. The van der Waals surface area contributed by atoms with E-state index in [1.54, 1.807) is 12.5 Å². The third-order valence-corrected chi connectivity index (χ3v) is 3.55. The molecule has 0 amide bonds. The van der Waals surface area contributed by atoms with Gasteiger partial charge in [-0.1, -0.05) is 6.92 Å². The van der Waals surface area contributed by atoms with Gasteiger partial charge >= 0.3 is 0 Å². The molecule has 1 aliphatic carbocycles. The maximum Gasteiger partial charge on any atom is 0.0963 e. The first-order valence-electron chi connectivity index (χ1n) is 6.23. The van der Waals surface area contributed by atoms with Crippen molar-refractivity contribution in [3.63, 3.8) is 0 Å². The minimum absolute atomic E-state index is 0.576. The molecule has 1 fully saturated rings. The second-order valence-corrected chi connectivity index (χ2v) is 4.77. The summed E-state index contributed by atoms with van der Waals surface area (Å²) in [7, 11) is 0. The maximum atomic E-state index is 10.5. The van der Waals surface area contributed by atoms with Crippen molar-refractivity contribution in [1.29, 1.82) is 0 Å². The van der Waals surface area contributed by atoms with Gasteiger partial charge in [-0.05, 0) is 44.7 Å². The second-order valence-electron chi connectivity index (χ2n) is 4.77. The third-order valence-electron chi connectivity index (χ3n) is 3.55. The number of rotatable bonds is 4. The molecule has 2 N–H and O–H groups in total. The van der Waals surface area contributed by atoms with Gasteiger partial charge in [-0.25, -0.2) is 0 Å². The van der Waals surface area contributed by atoms with Crippen molar-refractivity contribution >= 4 is 0 Å². The molecule has 0 unspecified atom stereocenters. The average molecular weight is 223 g/mol. The molecular weight excluding hydrogens is 202 g/mol. The normalized spacial score (nSPS) is 30.5. The van der Waals surface area contributed by atoms with E-state index in [1.165, 1.54) is 6.42 Å². The lowest BCUT2D eigenvalue weighted by Gasteiger charge is -2.35. The van der Waals surface area contributed by atoms with Gasteiger partial charge in [-0.15, -0.1) is 0 Å². The van der Waals surface area contributed by atoms with E-state index in [0.717, 1.165) is 37.8 Å². The summed E-state index contributed by atoms with van der Waals surface area (Å²) in [5, 5.41) is 14.0. The first-order valence-corrected chi connectivity index (χ1v) is 6.23. The number of hydrogen-bond acceptors (Lipinski definition) is 3. The Morgan fingerprint density at radius 2 is 2.25 bits per heavy atom. The lowest BCUT2D eigenvalue weighted by Crippen LogP contribution is -2.39. The maximum absolute atomic E-state index is 10.5. The molecule has 0 bridgehead atoms. The van der Waals surface area contributed by atoms with Gasteiger partial charge in [0.25, 0.3) is 0 Å². The third kappa shape index (κ3) is 2.47. The first-order chi connectivity index (χ1) is 7.74. The van der Waals surface area contributed by atoms with Gasteiger partial charge in [0.2, 0.25) is 0 Å². The average Bonchev–Trinajstić information content (AvgIpc) is 2.83. The molecule has 0 radical (unpaired) electrons. The molecule has 0 aliphatic heterocycles. The van der Waals surface area contributed by atoms with Gasteiger partial charge in [0.15, 0.2) is 0 Å². The van der Waals surface area contributed by atoms with Gasteiger partial charge in [0, 0.05) is 11.6 Å². The zero-order valence-electron chi connectivity index (χ0n) is 9.91. The highest BCUT2D eigenvalue weighted by molar-refractivity contribution is 5.17. The van der Waals surface area contributed by atoms with Crippen molar-refractivity contribution in [2.75, 3.05) is 6.54 Å². The Kier molecular flexibility index (Phi) is 3.66. The SMILES string of the molecule is CCCNC1CCC(O)(c2ccoc2)CC1. The fourth-order valence-electron chi connectivity index (χ4n) is 2.47. The largest absolute Gasteiger partial charge is 0.472 e. The molecule has 1 aliphatic rings. The lowest BCUT2D eigenvalue weighted by molar-refractivity contribution is -0.00872. The van der Waals surface area contributed by atoms with Crippen molar-refractivity contribution in [2.45, 2.75) is 50.7 Å². The first kappa shape index (κ1) is 11.7. The molecule has 16 heavy (non-hydrogen) atoms. The van der Waals surface area contributed by atoms with Crippen LogP contribution in [0.25, 0.3) is 0 Å². The van der Waals surface area contributed by atoms with E-state index in [4.69, 9.17) is 4.42 Å². The molecule has 1 heterocycles. The van der Waals surface area contributed by atoms with Crippen LogP contribution >= 0.6 is 0 Å². The quantitative estimate of drug-likeness (QED) is 0.824. The van der Waals surface area contributed by atoms with Crippen LogP contribution in [0.4, 0.5) is 0 Å². The summed E-state index contributed by atoms with van der Waals surface area (Å²) in [4.78, 5) is 0. The van der Waals surface area contributed by atoms with E-state index in [2.05, 4.69) is 12.2 Å². The van der Waals surface area contributed by atoms with Crippen LogP contribution in [0.15, 0.2) is 23.0 Å². The summed E-state index contributed by atoms with van der Waals surface area (Å²) in [6, 6.07) is 2.45. The zero-order valence-corrected chi connectivity index (χ0v) is 9.91. The highest BCUT2D eigenvalue weighted by atomic mass is 16.3. The zero-order chi connectivity index (χ0) is 11.4. The van der Waals surface area contributed by atoms with Crippen LogP contribution in [-0.2, 0) is 5.60 Å². The number of nitrogens with one attached hydrogen (secondary N) is 1. The Hall–Kier alpha value is -0.800. The molecule has 1 saturated carbocycles. The van der Waals surface area contributed by atoms with Crippen LogP contribution < -0.4 is 5.32 Å². The highest BCUT2D eigenvalue weighted by Gasteiger charge is 2.35. The van der Waals surface area contributed by atoms with Crippen molar-refractivity contribution in [3.05, 3.63) is 24.2 Å². The van der Waals surface area contributed by atoms with Crippen LogP contribution in [0.3, 0.4) is 0 Å². The Morgan fingerprint density at radius 3 is 2.81 bits per heavy atom. The molecule has 1 aromatic heterocycles. The van der Waals surface area contributed by atoms with Crippen molar-refractivity contribution in [1.82, 2.24) is 5.32 Å². The minimum atomic E-state index is -0.655. The molecule has 3 heteroatoms. The van der Waals surface area contributed by atoms with Gasteiger partial charge in [0.05, 0.1) is 18.1 Å². The fourth-order valence-corrected chi connectivity index (χ4v) is 2.47. The summed E-state index contributed by atoms with van der Waals surface area (Å²) >= 11 is 0. The topological polar surface area (TPSA) is 45.4 Å². The number of hydrogen-bond donors (Lipinski definition) is 2. The van der Waals surface area contributed by atoms with Crippen LogP contribution in [0.5, 0.6) is 0 Å². The van der Waals surface area contributed by atoms with Crippen molar-refractivity contribution < 1.29 is 9.52 Å². The summed E-state index contributed by atoms with van der Waals surface area (Å²) in [5.41, 5.74) is 0.277. The predicted octanol–water partition coefficient (Wildman–Crippen LogP) is 2.41. The van der Waals surface area contributed by atoms with E-state index in [9.17, 15) is 5.11 Å². The summed E-state index contributed by atoms with van der Waals surface area (Å²) < 4.78 is 5.05. The molecule has 0 spiro atoms. The van der Waals surface area contributed by atoms with E-state index in [1.807, 2.05) is 6.07 Å². The molecule has 2 rings (SSSR count). The van der Waals surface area contributed by atoms with Crippen LogP contribution in [0, 0.1) is 0 Å². The summed E-state index contributed by atoms with van der Waals surface area (Å²) in [6.07, 6.45) is 8.21. The van der Waals surface area contributed by atoms with Crippen LogP contribution in [0.2, 0.25) is 0 Å². The summed E-state index contributed by atoms with van der Waals surface area (Å²) in [6.45, 7) is 3.26. The Bertz CT molecular complexity index is 300. The molecular formula is C13H21NO2. The molecule has 0 saturated heterocycles. The van der Waals surface area contributed by atoms with Crippen molar-refractivity contribution in [3.8, 4) is 0 Å². The van der Waals surface area contributed by atoms with Gasteiger partial charge in [-0.3, -0.25) is 0 Å². The highest BCUT2D eigenvalue weighted by Crippen LogP contribution is 2.37. The standard InChI is InChI=1S/C13H21NO2/c1-2-8-14-12-3-6-13(15,7-4-12)11-5-9-16-10-11/h5,9-10,12,14-15H,2-4,6-8H2,1H3. The van der Waals surface area contributed by atoms with E-state index in [0.29, 0.717) is 6.04 Å². The van der Waals surface area contributed by atoms with E-state index >= 15 is 0 Å². The predicted molar refractivity (Wildman–Crippen MR) is 63.2 cm³/mol. The Balaban J connectivity index is 1.89. The molecule has 1 aromatic rings. The smallest absolute Gasteiger partial charge is 0.0963 e. The Labute approximate surface area is 96.8 Å². The van der Waals surface area contributed by atoms with E-state index in [-0.39, 0.29) is 0 Å². The second kappa shape index (κ2) is 5.02. The van der Waals surface area contributed by atoms with Crippen LogP contribution in [0.1, 0.15) is 44.6 Å². The van der Waals surface area contributed by atoms with Crippen molar-refractivity contribution in [2.24, 2.45) is 0 Å². The number of aliphatic hydroxyl groups is 1. The molecule has 3 nitrogen and oxygen atoms in total. The van der Waals surface area contributed by atoms with Gasteiger partial charge in [-0.2, -0.15) is 0 Å². The van der Waals surface area contributed by atoms with Gasteiger partial charge < -0.3 is 14.8 Å². The molecule has 90 valence electrons. The number of furan rings is 1. The monoisotopic (exact) mass is 223 g/mol. The van der Waals surface area contributed by atoms with E-state index < -0.39 is 5.60 Å². The fraction of sp³-hybridized carbons (Fsp3) is 0.692. The molecule has 0 atom stereocenters. The van der Waals surface area contributed by atoms with Crippen LogP contribution in [-0.4, -0.2) is 17.7 Å². The lowest BCUT2D eigenvalue weighted by atomic mass is 9.78. The minimum Gasteiger partial charge on any atom is -0.472 e. The Morgan fingerprint density at radius 1 is 1.50 bits per heavy atom. The summed E-state index contributed by atoms with van der Waals surface area (Å²) in [5.74, 6) is 0. The van der Waals surface area contributed by atoms with Gasteiger partial charge in [0.1, 0.15) is 0 Å².